The Labute approximate surface area is 146 Å². The van der Waals surface area contributed by atoms with Crippen molar-refractivity contribution >= 4 is 34.2 Å². The highest BCUT2D eigenvalue weighted by molar-refractivity contribution is 6.36. The summed E-state index contributed by atoms with van der Waals surface area (Å²) < 4.78 is 0. The Morgan fingerprint density at radius 3 is 2.88 bits per heavy atom. The Balaban J connectivity index is 1.72. The van der Waals surface area contributed by atoms with Gasteiger partial charge < -0.3 is 15.7 Å². The Morgan fingerprint density at radius 2 is 2.12 bits per heavy atom. The Bertz CT molecular complexity index is 744. The quantitative estimate of drug-likeness (QED) is 0.705. The van der Waals surface area contributed by atoms with E-state index in [1.54, 1.807) is 24.4 Å². The van der Waals surface area contributed by atoms with Crippen molar-refractivity contribution in [2.75, 3.05) is 5.32 Å². The Hall–Kier alpha value is -2.01. The lowest BCUT2D eigenvalue weighted by Crippen LogP contribution is -2.41. The van der Waals surface area contributed by atoms with Crippen molar-refractivity contribution in [1.82, 2.24) is 10.3 Å². The fourth-order valence-electron chi connectivity index (χ4n) is 3.40. The molecule has 1 aliphatic rings. The van der Waals surface area contributed by atoms with Gasteiger partial charge in [0.1, 0.15) is 5.52 Å². The fraction of sp³-hybridized carbons (Fsp3) is 0.444. The number of urea groups is 1. The molecule has 1 fully saturated rings. The van der Waals surface area contributed by atoms with Gasteiger partial charge in [-0.05, 0) is 43.9 Å². The van der Waals surface area contributed by atoms with Gasteiger partial charge in [-0.3, -0.25) is 4.98 Å². The third-order valence-corrected chi connectivity index (χ3v) is 5.09. The lowest BCUT2D eigenvalue weighted by atomic mass is 9.85. The van der Waals surface area contributed by atoms with Crippen molar-refractivity contribution in [2.24, 2.45) is 5.92 Å². The van der Waals surface area contributed by atoms with Crippen LogP contribution in [0.4, 0.5) is 10.5 Å². The first-order valence-electron chi connectivity index (χ1n) is 8.40. The molecule has 0 aliphatic heterocycles. The van der Waals surface area contributed by atoms with Gasteiger partial charge in [0.15, 0.2) is 5.75 Å². The predicted molar refractivity (Wildman–Crippen MR) is 96.6 cm³/mol. The number of amides is 2. The summed E-state index contributed by atoms with van der Waals surface area (Å²) in [5.74, 6) is 0.440. The van der Waals surface area contributed by atoms with Crippen LogP contribution >= 0.6 is 11.6 Å². The highest BCUT2D eigenvalue weighted by Gasteiger charge is 2.22. The van der Waals surface area contributed by atoms with Crippen LogP contribution < -0.4 is 10.6 Å². The summed E-state index contributed by atoms with van der Waals surface area (Å²) in [7, 11) is 0. The average Bonchev–Trinajstić information content (AvgIpc) is 2.60. The van der Waals surface area contributed by atoms with Crippen molar-refractivity contribution in [3.05, 3.63) is 29.4 Å². The van der Waals surface area contributed by atoms with Crippen LogP contribution in [0.1, 0.15) is 39.0 Å². The van der Waals surface area contributed by atoms with E-state index in [4.69, 9.17) is 11.6 Å². The van der Waals surface area contributed by atoms with Crippen LogP contribution in [-0.4, -0.2) is 22.2 Å². The number of hydrogen-bond donors (Lipinski definition) is 3. The number of fused-ring (bicyclic) bond motifs is 1. The number of aromatic hydroxyl groups is 1. The van der Waals surface area contributed by atoms with E-state index in [-0.39, 0.29) is 23.5 Å². The van der Waals surface area contributed by atoms with Crippen LogP contribution in [0.15, 0.2) is 24.4 Å². The number of nitrogens with zero attached hydrogens (tertiary/aromatic N) is 1. The zero-order valence-corrected chi connectivity index (χ0v) is 14.4. The van der Waals surface area contributed by atoms with E-state index in [1.807, 2.05) is 6.92 Å². The summed E-state index contributed by atoms with van der Waals surface area (Å²) in [5, 5.41) is 17.1. The second-order valence-corrected chi connectivity index (χ2v) is 6.85. The van der Waals surface area contributed by atoms with Crippen molar-refractivity contribution in [1.29, 1.82) is 0 Å². The van der Waals surface area contributed by atoms with Gasteiger partial charge in [-0.15, -0.1) is 0 Å². The standard InChI is InChI=1S/C18H22ClN3O2/c1-11(12-6-3-2-4-7-12)21-18(24)22-15-10-14(19)13-8-5-9-20-16(13)17(15)23/h5,8-12,23H,2-4,6-7H2,1H3,(H2,21,22,24). The SMILES string of the molecule is CC(NC(=O)Nc1cc(Cl)c2cccnc2c1O)C1CCCCC1. The van der Waals surface area contributed by atoms with E-state index < -0.39 is 0 Å². The first-order valence-corrected chi connectivity index (χ1v) is 8.78. The number of phenolic OH excluding ortho intramolecular Hbond substituents is 1. The minimum absolute atomic E-state index is 0.0736. The summed E-state index contributed by atoms with van der Waals surface area (Å²) >= 11 is 6.22. The number of aromatic nitrogens is 1. The predicted octanol–water partition coefficient (Wildman–Crippen LogP) is 4.68. The van der Waals surface area contributed by atoms with E-state index >= 15 is 0 Å². The molecule has 128 valence electrons. The number of rotatable bonds is 3. The number of pyridine rings is 1. The summed E-state index contributed by atoms with van der Waals surface area (Å²) in [6.07, 6.45) is 7.62. The fourth-order valence-corrected chi connectivity index (χ4v) is 3.66. The maximum absolute atomic E-state index is 12.3. The van der Waals surface area contributed by atoms with Gasteiger partial charge in [-0.1, -0.05) is 30.9 Å². The zero-order chi connectivity index (χ0) is 17.1. The second kappa shape index (κ2) is 7.26. The largest absolute Gasteiger partial charge is 0.504 e. The number of anilines is 1. The lowest BCUT2D eigenvalue weighted by Gasteiger charge is -2.28. The summed E-state index contributed by atoms with van der Waals surface area (Å²) in [4.78, 5) is 16.4. The summed E-state index contributed by atoms with van der Waals surface area (Å²) in [5.41, 5.74) is 0.639. The molecule has 1 aromatic carbocycles. The van der Waals surface area contributed by atoms with Crippen molar-refractivity contribution in [2.45, 2.75) is 45.1 Å². The van der Waals surface area contributed by atoms with Gasteiger partial charge >= 0.3 is 6.03 Å². The molecule has 24 heavy (non-hydrogen) atoms. The van der Waals surface area contributed by atoms with E-state index in [0.717, 1.165) is 12.8 Å². The van der Waals surface area contributed by atoms with Crippen LogP contribution in [0, 0.1) is 5.92 Å². The van der Waals surface area contributed by atoms with E-state index in [9.17, 15) is 9.90 Å². The van der Waals surface area contributed by atoms with Crippen LogP contribution in [0.25, 0.3) is 10.9 Å². The highest BCUT2D eigenvalue weighted by Crippen LogP contribution is 2.36. The molecule has 2 amide bonds. The maximum atomic E-state index is 12.3. The molecule has 3 rings (SSSR count). The topological polar surface area (TPSA) is 74.2 Å². The van der Waals surface area contributed by atoms with Crippen LogP contribution in [0.5, 0.6) is 5.75 Å². The van der Waals surface area contributed by atoms with Gasteiger partial charge in [-0.25, -0.2) is 4.79 Å². The van der Waals surface area contributed by atoms with Gasteiger partial charge in [0.25, 0.3) is 0 Å². The second-order valence-electron chi connectivity index (χ2n) is 6.44. The van der Waals surface area contributed by atoms with E-state index in [2.05, 4.69) is 15.6 Å². The van der Waals surface area contributed by atoms with Crippen molar-refractivity contribution in [3.63, 3.8) is 0 Å². The molecule has 0 spiro atoms. The molecule has 1 aliphatic carbocycles. The molecule has 1 heterocycles. The third kappa shape index (κ3) is 3.56. The number of benzene rings is 1. The van der Waals surface area contributed by atoms with E-state index in [1.165, 1.54) is 19.3 Å². The number of carbonyl (C=O) groups is 1. The molecule has 0 radical (unpaired) electrons. The molecule has 1 atom stereocenters. The number of phenols is 1. The van der Waals surface area contributed by atoms with Gasteiger partial charge in [0.05, 0.1) is 10.7 Å². The monoisotopic (exact) mass is 347 g/mol. The molecule has 1 unspecified atom stereocenters. The molecule has 2 aromatic rings. The highest BCUT2D eigenvalue weighted by atomic mass is 35.5. The summed E-state index contributed by atoms with van der Waals surface area (Å²) in [6, 6.07) is 4.83. The molecule has 0 bridgehead atoms. The van der Waals surface area contributed by atoms with Crippen molar-refractivity contribution < 1.29 is 9.90 Å². The third-order valence-electron chi connectivity index (χ3n) is 4.78. The molecule has 6 heteroatoms. The van der Waals surface area contributed by atoms with E-state index in [0.29, 0.717) is 21.8 Å². The molecular weight excluding hydrogens is 326 g/mol. The maximum Gasteiger partial charge on any atom is 0.319 e. The Kier molecular flexibility index (Phi) is 5.09. The molecule has 3 N–H and O–H groups in total. The number of hydrogen-bond acceptors (Lipinski definition) is 3. The zero-order valence-electron chi connectivity index (χ0n) is 13.7. The minimum Gasteiger partial charge on any atom is -0.504 e. The number of carbonyl (C=O) groups excluding carboxylic acids is 1. The first-order chi connectivity index (χ1) is 11.6. The Morgan fingerprint density at radius 1 is 1.38 bits per heavy atom. The molecule has 5 nitrogen and oxygen atoms in total. The van der Waals surface area contributed by atoms with Gasteiger partial charge in [-0.2, -0.15) is 0 Å². The van der Waals surface area contributed by atoms with Crippen LogP contribution in [-0.2, 0) is 0 Å². The molecule has 0 saturated heterocycles. The number of nitrogens with one attached hydrogen (secondary N) is 2. The molecular formula is C18H22ClN3O2. The molecule has 1 saturated carbocycles. The minimum atomic E-state index is -0.338. The molecule has 1 aromatic heterocycles. The normalized spacial score (nSPS) is 16.8. The summed E-state index contributed by atoms with van der Waals surface area (Å²) in [6.45, 7) is 2.03. The smallest absolute Gasteiger partial charge is 0.319 e. The van der Waals surface area contributed by atoms with Gasteiger partial charge in [0.2, 0.25) is 0 Å². The van der Waals surface area contributed by atoms with Crippen LogP contribution in [0.2, 0.25) is 5.02 Å². The first kappa shape index (κ1) is 16.8. The van der Waals surface area contributed by atoms with Gasteiger partial charge in [0, 0.05) is 17.6 Å². The lowest BCUT2D eigenvalue weighted by molar-refractivity contribution is 0.235. The van der Waals surface area contributed by atoms with Crippen molar-refractivity contribution in [3.8, 4) is 5.75 Å². The van der Waals surface area contributed by atoms with Crippen LogP contribution in [0.3, 0.4) is 0 Å². The number of halogens is 1. The average molecular weight is 348 g/mol.